The molecule has 2 heterocycles. The lowest BCUT2D eigenvalue weighted by Gasteiger charge is -2.06. The lowest BCUT2D eigenvalue weighted by molar-refractivity contribution is 0.640. The van der Waals surface area contributed by atoms with Crippen molar-refractivity contribution in [1.29, 1.82) is 0 Å². The van der Waals surface area contributed by atoms with E-state index in [-0.39, 0.29) is 5.56 Å². The lowest BCUT2D eigenvalue weighted by Crippen LogP contribution is -2.21. The first-order chi connectivity index (χ1) is 9.69. The highest BCUT2D eigenvalue weighted by Gasteiger charge is 2.11. The summed E-state index contributed by atoms with van der Waals surface area (Å²) < 4.78 is 3.18. The molecule has 0 saturated carbocycles. The van der Waals surface area contributed by atoms with E-state index in [1.807, 2.05) is 32.0 Å². The lowest BCUT2D eigenvalue weighted by atomic mass is 10.1. The SMILES string of the molecule is CCn1nnc2c(=O)n(Cc3cccc(C)c3)cnc21. The fraction of sp³-hybridized carbons (Fsp3) is 0.286. The van der Waals surface area contributed by atoms with Gasteiger partial charge in [-0.3, -0.25) is 9.36 Å². The van der Waals surface area contributed by atoms with E-state index in [4.69, 9.17) is 0 Å². The number of benzene rings is 1. The highest BCUT2D eigenvalue weighted by molar-refractivity contribution is 5.67. The fourth-order valence-electron chi connectivity index (χ4n) is 2.22. The maximum absolute atomic E-state index is 12.4. The minimum atomic E-state index is -0.156. The van der Waals surface area contributed by atoms with Crippen LogP contribution in [0.15, 0.2) is 35.4 Å². The molecule has 0 radical (unpaired) electrons. The Morgan fingerprint density at radius 1 is 1.30 bits per heavy atom. The second kappa shape index (κ2) is 4.88. The molecule has 0 aliphatic rings. The van der Waals surface area contributed by atoms with Gasteiger partial charge in [-0.15, -0.1) is 5.10 Å². The minimum absolute atomic E-state index is 0.156. The van der Waals surface area contributed by atoms with Gasteiger partial charge in [0.05, 0.1) is 6.54 Å². The number of aromatic nitrogens is 5. The van der Waals surface area contributed by atoms with Crippen LogP contribution in [-0.2, 0) is 13.1 Å². The van der Waals surface area contributed by atoms with Gasteiger partial charge in [-0.05, 0) is 19.4 Å². The van der Waals surface area contributed by atoms with E-state index in [9.17, 15) is 4.79 Å². The van der Waals surface area contributed by atoms with Crippen LogP contribution in [0.3, 0.4) is 0 Å². The van der Waals surface area contributed by atoms with Gasteiger partial charge in [0.25, 0.3) is 5.56 Å². The summed E-state index contributed by atoms with van der Waals surface area (Å²) in [4.78, 5) is 16.6. The molecule has 0 fully saturated rings. The van der Waals surface area contributed by atoms with Crippen LogP contribution in [0.25, 0.3) is 11.2 Å². The summed E-state index contributed by atoms with van der Waals surface area (Å²) in [5, 5.41) is 7.85. The molecule has 0 aliphatic heterocycles. The Balaban J connectivity index is 2.05. The van der Waals surface area contributed by atoms with Crippen molar-refractivity contribution in [3.63, 3.8) is 0 Å². The molecule has 0 aliphatic carbocycles. The predicted octanol–water partition coefficient (Wildman–Crippen LogP) is 1.36. The van der Waals surface area contributed by atoms with Crippen LogP contribution in [-0.4, -0.2) is 24.5 Å². The van der Waals surface area contributed by atoms with E-state index < -0.39 is 0 Å². The number of fused-ring (bicyclic) bond motifs is 1. The largest absolute Gasteiger partial charge is 0.293 e. The Hall–Kier alpha value is -2.50. The number of rotatable bonds is 3. The summed E-state index contributed by atoms with van der Waals surface area (Å²) in [6, 6.07) is 8.06. The number of hydrogen-bond acceptors (Lipinski definition) is 4. The van der Waals surface area contributed by atoms with Crippen molar-refractivity contribution >= 4 is 11.2 Å². The highest BCUT2D eigenvalue weighted by Crippen LogP contribution is 2.06. The van der Waals surface area contributed by atoms with Crippen LogP contribution in [0, 0.1) is 6.92 Å². The maximum Gasteiger partial charge on any atom is 0.283 e. The van der Waals surface area contributed by atoms with Crippen LogP contribution in [0.5, 0.6) is 0 Å². The molecule has 102 valence electrons. The monoisotopic (exact) mass is 269 g/mol. The van der Waals surface area contributed by atoms with E-state index in [2.05, 4.69) is 21.4 Å². The van der Waals surface area contributed by atoms with Gasteiger partial charge in [-0.1, -0.05) is 35.0 Å². The van der Waals surface area contributed by atoms with Crippen molar-refractivity contribution in [3.05, 3.63) is 52.1 Å². The van der Waals surface area contributed by atoms with Gasteiger partial charge < -0.3 is 0 Å². The molecular formula is C14H15N5O. The van der Waals surface area contributed by atoms with Gasteiger partial charge in [0, 0.05) is 6.54 Å². The third kappa shape index (κ3) is 2.09. The van der Waals surface area contributed by atoms with Crippen molar-refractivity contribution in [2.24, 2.45) is 0 Å². The average molecular weight is 269 g/mol. The van der Waals surface area contributed by atoms with E-state index in [1.54, 1.807) is 15.6 Å². The van der Waals surface area contributed by atoms with Gasteiger partial charge in [-0.2, -0.15) is 0 Å². The number of hydrogen-bond donors (Lipinski definition) is 0. The second-order valence-electron chi connectivity index (χ2n) is 4.74. The molecule has 3 rings (SSSR count). The van der Waals surface area contributed by atoms with Crippen molar-refractivity contribution in [2.45, 2.75) is 26.9 Å². The van der Waals surface area contributed by atoms with Gasteiger partial charge in [-0.25, -0.2) is 9.67 Å². The molecule has 0 spiro atoms. The zero-order valence-corrected chi connectivity index (χ0v) is 11.4. The van der Waals surface area contributed by atoms with E-state index in [0.717, 1.165) is 5.56 Å². The second-order valence-corrected chi connectivity index (χ2v) is 4.74. The standard InChI is InChI=1S/C14H15N5O/c1-3-19-13-12(16-17-19)14(20)18(9-15-13)8-11-6-4-5-10(2)7-11/h4-7,9H,3,8H2,1-2H3. The van der Waals surface area contributed by atoms with E-state index in [0.29, 0.717) is 24.3 Å². The van der Waals surface area contributed by atoms with Crippen LogP contribution >= 0.6 is 0 Å². The predicted molar refractivity (Wildman–Crippen MR) is 75.5 cm³/mol. The molecule has 0 unspecified atom stereocenters. The van der Waals surface area contributed by atoms with E-state index >= 15 is 0 Å². The molecule has 0 N–H and O–H groups in total. The van der Waals surface area contributed by atoms with Crippen LogP contribution < -0.4 is 5.56 Å². The molecule has 0 bridgehead atoms. The first-order valence-corrected chi connectivity index (χ1v) is 6.53. The molecule has 2 aromatic heterocycles. The first-order valence-electron chi connectivity index (χ1n) is 6.53. The Labute approximate surface area is 115 Å². The summed E-state index contributed by atoms with van der Waals surface area (Å²) >= 11 is 0. The van der Waals surface area contributed by atoms with Gasteiger partial charge in [0.15, 0.2) is 11.2 Å². The fourth-order valence-corrected chi connectivity index (χ4v) is 2.22. The van der Waals surface area contributed by atoms with Crippen molar-refractivity contribution in [3.8, 4) is 0 Å². The van der Waals surface area contributed by atoms with Crippen LogP contribution in [0.4, 0.5) is 0 Å². The normalized spacial score (nSPS) is 11.1. The van der Waals surface area contributed by atoms with Crippen molar-refractivity contribution in [2.75, 3.05) is 0 Å². The molecule has 20 heavy (non-hydrogen) atoms. The quantitative estimate of drug-likeness (QED) is 0.720. The number of aryl methyl sites for hydroxylation is 2. The highest BCUT2D eigenvalue weighted by atomic mass is 16.1. The Kier molecular flexibility index (Phi) is 3.06. The molecule has 1 aromatic carbocycles. The summed E-state index contributed by atoms with van der Waals surface area (Å²) in [5.41, 5.74) is 2.94. The Morgan fingerprint density at radius 2 is 2.15 bits per heavy atom. The van der Waals surface area contributed by atoms with Crippen molar-refractivity contribution < 1.29 is 0 Å². The van der Waals surface area contributed by atoms with Gasteiger partial charge in [0.1, 0.15) is 6.33 Å². The topological polar surface area (TPSA) is 65.6 Å². The third-order valence-corrected chi connectivity index (χ3v) is 3.23. The first kappa shape index (κ1) is 12.5. The smallest absolute Gasteiger partial charge is 0.283 e. The molecule has 0 saturated heterocycles. The Morgan fingerprint density at radius 3 is 2.90 bits per heavy atom. The van der Waals surface area contributed by atoms with Crippen LogP contribution in [0.2, 0.25) is 0 Å². The van der Waals surface area contributed by atoms with Crippen molar-refractivity contribution in [1.82, 2.24) is 24.5 Å². The average Bonchev–Trinajstić information content (AvgIpc) is 2.86. The number of nitrogens with zero attached hydrogens (tertiary/aromatic N) is 5. The van der Waals surface area contributed by atoms with Gasteiger partial charge in [0.2, 0.25) is 0 Å². The summed E-state index contributed by atoms with van der Waals surface area (Å²) in [6.07, 6.45) is 1.56. The third-order valence-electron chi connectivity index (χ3n) is 3.23. The summed E-state index contributed by atoms with van der Waals surface area (Å²) in [5.74, 6) is 0. The molecule has 6 nitrogen and oxygen atoms in total. The zero-order valence-electron chi connectivity index (χ0n) is 11.4. The Bertz CT molecular complexity index is 818. The molecule has 0 atom stereocenters. The minimum Gasteiger partial charge on any atom is -0.293 e. The van der Waals surface area contributed by atoms with Crippen LogP contribution in [0.1, 0.15) is 18.1 Å². The molecular weight excluding hydrogens is 254 g/mol. The molecule has 3 aromatic rings. The van der Waals surface area contributed by atoms with Gasteiger partial charge >= 0.3 is 0 Å². The molecule has 0 amide bonds. The maximum atomic E-state index is 12.4. The summed E-state index contributed by atoms with van der Waals surface area (Å²) in [7, 11) is 0. The summed E-state index contributed by atoms with van der Waals surface area (Å²) in [6.45, 7) is 5.10. The molecule has 6 heteroatoms. The van der Waals surface area contributed by atoms with E-state index in [1.165, 1.54) is 5.56 Å². The zero-order chi connectivity index (χ0) is 14.1.